The fourth-order valence-corrected chi connectivity index (χ4v) is 8.99. The Morgan fingerprint density at radius 1 is 0.316 bits per heavy atom. The van der Waals surface area contributed by atoms with Crippen LogP contribution in [-0.2, 0) is 4.79 Å². The number of hydrogen-bond acceptors (Lipinski definition) is 3. The Kier molecular flexibility index (Phi) is 54.9. The van der Waals surface area contributed by atoms with Gasteiger partial charge in [0.2, 0.25) is 0 Å². The minimum Gasteiger partial charge on any atom is -0.548 e. The quantitative estimate of drug-likeness (QED) is 0.0454. The van der Waals surface area contributed by atoms with Gasteiger partial charge in [0.25, 0.3) is 0 Å². The molecule has 0 aromatic rings. The van der Waals surface area contributed by atoms with Crippen molar-refractivity contribution < 1.29 is 39.5 Å². The van der Waals surface area contributed by atoms with Crippen molar-refractivity contribution in [3.8, 4) is 0 Å². The van der Waals surface area contributed by atoms with Crippen LogP contribution in [0.2, 0.25) is 0 Å². The maximum Gasteiger partial charge on any atom is 1.00 e. The number of carbonyl (C=O) groups excluding carboxylic acids is 1. The molecule has 336 valence electrons. The van der Waals surface area contributed by atoms with Crippen LogP contribution in [0.1, 0.15) is 316 Å². The molecule has 0 aromatic carbocycles. The van der Waals surface area contributed by atoms with Gasteiger partial charge in [0.1, 0.15) is 0 Å². The molecule has 0 rings (SSSR count). The first kappa shape index (κ1) is 59.5. The van der Waals surface area contributed by atoms with Crippen molar-refractivity contribution in [3.63, 3.8) is 0 Å². The average molecular weight is 812 g/mol. The van der Waals surface area contributed by atoms with Gasteiger partial charge in [-0.2, -0.15) is 0 Å². The first-order valence-corrected chi connectivity index (χ1v) is 26.6. The normalized spacial score (nSPS) is 12.1. The van der Waals surface area contributed by atoms with E-state index in [1.807, 2.05) is 0 Å². The van der Waals surface area contributed by atoms with Crippen molar-refractivity contribution in [3.05, 3.63) is 0 Å². The molecule has 1 atom stereocenters. The van der Waals surface area contributed by atoms with Crippen LogP contribution in [-0.4, -0.2) is 30.0 Å². The first-order chi connectivity index (χ1) is 27.7. The van der Waals surface area contributed by atoms with Crippen LogP contribution in [0.5, 0.6) is 0 Å². The fraction of sp³-hybridized carbons (Fsp3) is 0.981. The number of carboxylic acids is 1. The molecule has 0 aliphatic heterocycles. The third kappa shape index (κ3) is 47.3. The predicted molar refractivity (Wildman–Crippen MR) is 250 cm³/mol. The maximum absolute atomic E-state index is 12.0. The van der Waals surface area contributed by atoms with Gasteiger partial charge in [-0.25, -0.2) is 0 Å². The second-order valence-corrected chi connectivity index (χ2v) is 18.5. The standard InChI is InChI=1S/C53H107NO2.Na/c1-4-7-9-11-13-15-17-19-21-23-25-27-29-31-33-35-37-39-41-43-45-47-50-54(52(49-6-3)53(55)56)51-48-46-44-42-40-38-36-34-32-30-28-26-24-22-20-18-16-14-12-10-8-5-2;/h52H,4-51H2,1-3H3,(H,55,56);/q;+1/p-1. The van der Waals surface area contributed by atoms with E-state index >= 15 is 0 Å². The predicted octanol–water partition coefficient (Wildman–Crippen LogP) is 14.4. The van der Waals surface area contributed by atoms with Gasteiger partial charge in [-0.15, -0.1) is 0 Å². The second-order valence-electron chi connectivity index (χ2n) is 18.5. The van der Waals surface area contributed by atoms with Crippen LogP contribution < -0.4 is 34.7 Å². The van der Waals surface area contributed by atoms with Crippen LogP contribution in [0.25, 0.3) is 0 Å². The maximum atomic E-state index is 12.0. The van der Waals surface area contributed by atoms with Gasteiger partial charge in [0, 0.05) is 6.04 Å². The molecule has 0 aliphatic rings. The summed E-state index contributed by atoms with van der Waals surface area (Å²) in [5, 5.41) is 12.0. The Morgan fingerprint density at radius 3 is 0.649 bits per heavy atom. The molecule has 0 spiro atoms. The van der Waals surface area contributed by atoms with Gasteiger partial charge in [-0.1, -0.05) is 297 Å². The summed E-state index contributed by atoms with van der Waals surface area (Å²) in [5.41, 5.74) is 0. The zero-order valence-corrected chi connectivity index (χ0v) is 42.3. The van der Waals surface area contributed by atoms with Crippen molar-refractivity contribution in [2.75, 3.05) is 13.1 Å². The number of carboxylic acid groups (broad SMARTS) is 1. The van der Waals surface area contributed by atoms with Crippen molar-refractivity contribution in [1.29, 1.82) is 0 Å². The second kappa shape index (κ2) is 52.6. The molecular weight excluding hydrogens is 706 g/mol. The van der Waals surface area contributed by atoms with Gasteiger partial charge in [-0.05, 0) is 32.4 Å². The van der Waals surface area contributed by atoms with Gasteiger partial charge in [0.05, 0.1) is 5.97 Å². The van der Waals surface area contributed by atoms with Crippen molar-refractivity contribution in [1.82, 2.24) is 4.90 Å². The number of unbranched alkanes of at least 4 members (excludes halogenated alkanes) is 42. The van der Waals surface area contributed by atoms with Crippen molar-refractivity contribution in [2.45, 2.75) is 322 Å². The van der Waals surface area contributed by atoms with E-state index in [0.29, 0.717) is 0 Å². The van der Waals surface area contributed by atoms with E-state index in [0.717, 1.165) is 38.8 Å². The summed E-state index contributed by atoms with van der Waals surface area (Å²) in [4.78, 5) is 14.3. The third-order valence-electron chi connectivity index (χ3n) is 12.9. The van der Waals surface area contributed by atoms with Gasteiger partial charge in [-0.3, -0.25) is 4.90 Å². The minimum absolute atomic E-state index is 0. The Hall–Kier alpha value is 0.430. The van der Waals surface area contributed by atoms with Crippen molar-refractivity contribution >= 4 is 5.97 Å². The molecule has 1 unspecified atom stereocenters. The first-order valence-electron chi connectivity index (χ1n) is 26.6. The van der Waals surface area contributed by atoms with Gasteiger partial charge < -0.3 is 9.90 Å². The summed E-state index contributed by atoms with van der Waals surface area (Å²) in [6, 6.07) is -0.398. The number of carbonyl (C=O) groups is 1. The van der Waals surface area contributed by atoms with E-state index in [9.17, 15) is 9.90 Å². The van der Waals surface area contributed by atoms with Crippen LogP contribution >= 0.6 is 0 Å². The molecule has 0 heterocycles. The molecule has 0 radical (unpaired) electrons. The molecular formula is C53H106NNaO2. The molecule has 0 aliphatic carbocycles. The molecule has 0 amide bonds. The molecule has 3 nitrogen and oxygen atoms in total. The van der Waals surface area contributed by atoms with Gasteiger partial charge in [0.15, 0.2) is 0 Å². The smallest absolute Gasteiger partial charge is 0.548 e. The van der Waals surface area contributed by atoms with Crippen LogP contribution in [0.4, 0.5) is 0 Å². The van der Waals surface area contributed by atoms with E-state index in [1.165, 1.54) is 270 Å². The summed E-state index contributed by atoms with van der Waals surface area (Å²) in [6.07, 6.45) is 63.4. The average Bonchev–Trinajstić information content (AvgIpc) is 3.20. The summed E-state index contributed by atoms with van der Waals surface area (Å²) < 4.78 is 0. The monoisotopic (exact) mass is 812 g/mol. The minimum atomic E-state index is -0.857. The molecule has 57 heavy (non-hydrogen) atoms. The summed E-state index contributed by atoms with van der Waals surface area (Å²) in [7, 11) is 0. The van der Waals surface area contributed by atoms with E-state index in [1.54, 1.807) is 0 Å². The molecule has 0 fully saturated rings. The van der Waals surface area contributed by atoms with Crippen molar-refractivity contribution in [2.24, 2.45) is 0 Å². The van der Waals surface area contributed by atoms with E-state index in [4.69, 9.17) is 0 Å². The summed E-state index contributed by atoms with van der Waals surface area (Å²) in [5.74, 6) is -0.857. The van der Waals surface area contributed by atoms with E-state index < -0.39 is 12.0 Å². The number of aliphatic carboxylic acids is 1. The molecule has 0 saturated heterocycles. The number of hydrogen-bond donors (Lipinski definition) is 0. The Bertz CT molecular complexity index is 684. The summed E-state index contributed by atoms with van der Waals surface area (Å²) in [6.45, 7) is 8.56. The van der Waals surface area contributed by atoms with Crippen LogP contribution in [0.3, 0.4) is 0 Å². The van der Waals surface area contributed by atoms with E-state index in [2.05, 4.69) is 25.7 Å². The third-order valence-corrected chi connectivity index (χ3v) is 12.9. The topological polar surface area (TPSA) is 43.4 Å². The molecule has 0 saturated carbocycles. The number of nitrogens with zero attached hydrogens (tertiary/aromatic N) is 1. The Balaban J connectivity index is 0. The molecule has 4 heteroatoms. The SMILES string of the molecule is CCCCCCCCCCCCCCCCCCCCCCCCN(CCCCCCCCCCCCCCCCCCCCCCCC)C(CCC)C(=O)[O-].[Na+]. The van der Waals surface area contributed by atoms with Crippen LogP contribution in [0.15, 0.2) is 0 Å². The zero-order chi connectivity index (χ0) is 40.7. The Labute approximate surface area is 383 Å². The molecule has 0 N–H and O–H groups in total. The summed E-state index contributed by atoms with van der Waals surface area (Å²) >= 11 is 0. The Morgan fingerprint density at radius 2 is 0.491 bits per heavy atom. The zero-order valence-electron chi connectivity index (χ0n) is 40.3. The largest absolute Gasteiger partial charge is 1.00 e. The molecule has 0 aromatic heterocycles. The fourth-order valence-electron chi connectivity index (χ4n) is 8.99. The number of rotatable bonds is 50. The van der Waals surface area contributed by atoms with E-state index in [-0.39, 0.29) is 29.6 Å². The van der Waals surface area contributed by atoms with Gasteiger partial charge >= 0.3 is 29.6 Å². The molecule has 0 bridgehead atoms. The van der Waals surface area contributed by atoms with Crippen LogP contribution in [0, 0.1) is 0 Å².